The molecule has 1 unspecified atom stereocenters. The maximum atomic E-state index is 12.6. The first-order valence-electron chi connectivity index (χ1n) is 9.22. The first kappa shape index (κ1) is 19.3. The molecule has 2 aliphatic rings. The highest BCUT2D eigenvalue weighted by Gasteiger charge is 2.26. The van der Waals surface area contributed by atoms with Gasteiger partial charge in [-0.15, -0.1) is 0 Å². The molecule has 8 heteroatoms. The van der Waals surface area contributed by atoms with E-state index in [0.29, 0.717) is 44.0 Å². The van der Waals surface area contributed by atoms with Crippen LogP contribution in [0.25, 0.3) is 0 Å². The number of piperidine rings is 1. The summed E-state index contributed by atoms with van der Waals surface area (Å²) in [6.45, 7) is 3.50. The molecular weight excluding hydrogens is 354 g/mol. The summed E-state index contributed by atoms with van der Waals surface area (Å²) in [5, 5.41) is 6.33. The van der Waals surface area contributed by atoms with Crippen LogP contribution in [-0.2, 0) is 26.0 Å². The van der Waals surface area contributed by atoms with Crippen LogP contribution in [0.1, 0.15) is 24.8 Å². The average molecular weight is 381 g/mol. The van der Waals surface area contributed by atoms with E-state index in [0.717, 1.165) is 31.5 Å². The molecule has 1 aromatic carbocycles. The van der Waals surface area contributed by atoms with Gasteiger partial charge in [-0.1, -0.05) is 12.1 Å². The molecule has 2 aliphatic heterocycles. The van der Waals surface area contributed by atoms with Crippen molar-refractivity contribution in [3.8, 4) is 0 Å². The van der Waals surface area contributed by atoms with E-state index < -0.39 is 10.0 Å². The van der Waals surface area contributed by atoms with Crippen molar-refractivity contribution in [1.82, 2.24) is 14.9 Å². The van der Waals surface area contributed by atoms with Crippen LogP contribution >= 0.6 is 0 Å². The van der Waals surface area contributed by atoms with E-state index in [1.165, 1.54) is 4.31 Å². The van der Waals surface area contributed by atoms with Gasteiger partial charge in [0.15, 0.2) is 0 Å². The molecule has 3 rings (SSSR count). The SMILES string of the molecule is O=C(CCc1ccc(S(=O)(=O)N2CCOCC2)cc1)NC1CCCNC1. The van der Waals surface area contributed by atoms with Crippen LogP contribution in [0.4, 0.5) is 0 Å². The quantitative estimate of drug-likeness (QED) is 0.750. The number of benzene rings is 1. The lowest BCUT2D eigenvalue weighted by molar-refractivity contribution is -0.121. The third-order valence-corrected chi connectivity index (χ3v) is 6.75. The van der Waals surface area contributed by atoms with Gasteiger partial charge in [0.05, 0.1) is 18.1 Å². The first-order valence-corrected chi connectivity index (χ1v) is 10.7. The van der Waals surface area contributed by atoms with Gasteiger partial charge in [0, 0.05) is 32.1 Å². The van der Waals surface area contributed by atoms with E-state index in [9.17, 15) is 13.2 Å². The normalized spacial score (nSPS) is 22.1. The van der Waals surface area contributed by atoms with Gasteiger partial charge in [0.25, 0.3) is 0 Å². The molecule has 2 fully saturated rings. The fraction of sp³-hybridized carbons (Fsp3) is 0.611. The number of hydrogen-bond acceptors (Lipinski definition) is 5. The second-order valence-corrected chi connectivity index (χ2v) is 8.71. The molecule has 1 aromatic rings. The van der Waals surface area contributed by atoms with Crippen molar-refractivity contribution in [2.75, 3.05) is 39.4 Å². The Kier molecular flexibility index (Phi) is 6.63. The van der Waals surface area contributed by atoms with Gasteiger partial charge >= 0.3 is 0 Å². The number of carbonyl (C=O) groups excluding carboxylic acids is 1. The highest BCUT2D eigenvalue weighted by Crippen LogP contribution is 2.18. The Bertz CT molecular complexity index is 694. The summed E-state index contributed by atoms with van der Waals surface area (Å²) in [6, 6.07) is 7.06. The zero-order chi connectivity index (χ0) is 18.4. The van der Waals surface area contributed by atoms with Gasteiger partial charge in [-0.2, -0.15) is 4.31 Å². The van der Waals surface area contributed by atoms with Crippen molar-refractivity contribution < 1.29 is 17.9 Å². The summed E-state index contributed by atoms with van der Waals surface area (Å²) in [7, 11) is -3.46. The largest absolute Gasteiger partial charge is 0.379 e. The van der Waals surface area contributed by atoms with Crippen LogP contribution in [-0.4, -0.2) is 64.1 Å². The molecule has 2 saturated heterocycles. The van der Waals surface area contributed by atoms with Crippen molar-refractivity contribution in [2.45, 2.75) is 36.6 Å². The third-order valence-electron chi connectivity index (χ3n) is 4.83. The number of aryl methyl sites for hydroxylation is 1. The monoisotopic (exact) mass is 381 g/mol. The van der Waals surface area contributed by atoms with E-state index in [1.807, 2.05) is 0 Å². The van der Waals surface area contributed by atoms with E-state index in [1.54, 1.807) is 24.3 Å². The maximum Gasteiger partial charge on any atom is 0.243 e. The molecule has 1 amide bonds. The van der Waals surface area contributed by atoms with Gasteiger partial charge in [-0.3, -0.25) is 4.79 Å². The molecule has 7 nitrogen and oxygen atoms in total. The molecule has 2 heterocycles. The van der Waals surface area contributed by atoms with E-state index >= 15 is 0 Å². The summed E-state index contributed by atoms with van der Waals surface area (Å²) < 4.78 is 31.8. The van der Waals surface area contributed by atoms with Crippen molar-refractivity contribution in [2.24, 2.45) is 0 Å². The summed E-state index contributed by atoms with van der Waals surface area (Å²) in [5.41, 5.74) is 0.961. The Hall–Kier alpha value is -1.48. The second kappa shape index (κ2) is 8.94. The van der Waals surface area contributed by atoms with Gasteiger partial charge in [0.2, 0.25) is 15.9 Å². The van der Waals surface area contributed by atoms with Gasteiger partial charge in [0.1, 0.15) is 0 Å². The highest BCUT2D eigenvalue weighted by atomic mass is 32.2. The van der Waals surface area contributed by atoms with Crippen molar-refractivity contribution in [3.63, 3.8) is 0 Å². The summed E-state index contributed by atoms with van der Waals surface area (Å²) >= 11 is 0. The number of nitrogens with one attached hydrogen (secondary N) is 2. The van der Waals surface area contributed by atoms with Gasteiger partial charge in [-0.05, 0) is 43.5 Å². The number of nitrogens with zero attached hydrogens (tertiary/aromatic N) is 1. The van der Waals surface area contributed by atoms with Crippen LogP contribution in [0.3, 0.4) is 0 Å². The number of amides is 1. The van der Waals surface area contributed by atoms with Crippen LogP contribution in [0.2, 0.25) is 0 Å². The number of sulfonamides is 1. The highest BCUT2D eigenvalue weighted by molar-refractivity contribution is 7.89. The predicted octanol–water partition coefficient (Wildman–Crippen LogP) is 0.508. The molecule has 1 atom stereocenters. The maximum absolute atomic E-state index is 12.6. The predicted molar refractivity (Wildman–Crippen MR) is 98.4 cm³/mol. The van der Waals surface area contributed by atoms with Crippen LogP contribution in [0, 0.1) is 0 Å². The Morgan fingerprint density at radius 2 is 1.96 bits per heavy atom. The summed E-state index contributed by atoms with van der Waals surface area (Å²) in [4.78, 5) is 12.4. The molecule has 144 valence electrons. The lowest BCUT2D eigenvalue weighted by Crippen LogP contribution is -2.45. The second-order valence-electron chi connectivity index (χ2n) is 6.77. The zero-order valence-electron chi connectivity index (χ0n) is 14.9. The molecule has 0 aromatic heterocycles. The van der Waals surface area contributed by atoms with Crippen LogP contribution < -0.4 is 10.6 Å². The fourth-order valence-corrected chi connectivity index (χ4v) is 4.70. The van der Waals surface area contributed by atoms with Crippen LogP contribution in [0.5, 0.6) is 0 Å². The van der Waals surface area contributed by atoms with Crippen molar-refractivity contribution >= 4 is 15.9 Å². The molecule has 0 spiro atoms. The van der Waals surface area contributed by atoms with Gasteiger partial charge in [-0.25, -0.2) is 8.42 Å². The standard InChI is InChI=1S/C18H27N3O4S/c22-18(20-16-2-1-9-19-14-16)8-5-15-3-6-17(7-4-15)26(23,24)21-10-12-25-13-11-21/h3-4,6-7,16,19H,1-2,5,8-14H2,(H,20,22). The van der Waals surface area contributed by atoms with Gasteiger partial charge < -0.3 is 15.4 Å². The molecule has 0 aliphatic carbocycles. The Morgan fingerprint density at radius 1 is 1.23 bits per heavy atom. The minimum atomic E-state index is -3.46. The smallest absolute Gasteiger partial charge is 0.243 e. The number of carbonyl (C=O) groups is 1. The molecule has 0 saturated carbocycles. The molecule has 0 radical (unpaired) electrons. The average Bonchev–Trinajstić information content (AvgIpc) is 2.68. The topological polar surface area (TPSA) is 87.7 Å². The minimum absolute atomic E-state index is 0.0451. The summed E-state index contributed by atoms with van der Waals surface area (Å²) in [5.74, 6) is 0.0451. The number of hydrogen-bond donors (Lipinski definition) is 2. The first-order chi connectivity index (χ1) is 12.6. The Morgan fingerprint density at radius 3 is 2.62 bits per heavy atom. The number of rotatable bonds is 6. The zero-order valence-corrected chi connectivity index (χ0v) is 15.8. The lowest BCUT2D eigenvalue weighted by atomic mass is 10.1. The van der Waals surface area contributed by atoms with Crippen molar-refractivity contribution in [3.05, 3.63) is 29.8 Å². The number of morpholine rings is 1. The molecular formula is C18H27N3O4S. The van der Waals surface area contributed by atoms with E-state index in [4.69, 9.17) is 4.74 Å². The van der Waals surface area contributed by atoms with Crippen molar-refractivity contribution in [1.29, 1.82) is 0 Å². The van der Waals surface area contributed by atoms with E-state index in [2.05, 4.69) is 10.6 Å². The molecule has 0 bridgehead atoms. The van der Waals surface area contributed by atoms with Crippen LogP contribution in [0.15, 0.2) is 29.2 Å². The van der Waals surface area contributed by atoms with E-state index in [-0.39, 0.29) is 11.9 Å². The molecule has 2 N–H and O–H groups in total. The molecule has 26 heavy (non-hydrogen) atoms. The minimum Gasteiger partial charge on any atom is -0.379 e. The Balaban J connectivity index is 1.51. The Labute approximate surface area is 155 Å². The summed E-state index contributed by atoms with van der Waals surface area (Å²) in [6.07, 6.45) is 3.12. The third kappa shape index (κ3) is 5.03. The number of ether oxygens (including phenoxy) is 1. The lowest BCUT2D eigenvalue weighted by Gasteiger charge is -2.26. The fourth-order valence-electron chi connectivity index (χ4n) is 3.30.